The van der Waals surface area contributed by atoms with Gasteiger partial charge >= 0.3 is 5.97 Å². The van der Waals surface area contributed by atoms with E-state index in [1.54, 1.807) is 23.6 Å². The first-order valence-corrected chi connectivity index (χ1v) is 25.5. The van der Waals surface area contributed by atoms with Crippen LogP contribution in [0.5, 0.6) is 5.75 Å². The van der Waals surface area contributed by atoms with E-state index >= 15 is 0 Å². The SMILES string of the molecule is CC[C@@]1(O)C(=O)OCc2c1cc1n(c2=O)Cc2cc3c(CNC(=O)CCOCCOCCOCCOCCNC(=O)CO[C@H]4CC[C@H]5[C@@H]6CC[C@H]7CC(=O)CC[C@]7(C)[C@H]6CC[C@]45C)c(O)ccc3nc2-1. The Morgan fingerprint density at radius 1 is 0.857 bits per heavy atom. The second kappa shape index (κ2) is 21.1. The van der Waals surface area contributed by atoms with Gasteiger partial charge in [-0.15, -0.1) is 0 Å². The summed E-state index contributed by atoms with van der Waals surface area (Å²) in [5, 5.41) is 28.3. The Morgan fingerprint density at radius 2 is 1.59 bits per heavy atom. The average Bonchev–Trinajstić information content (AvgIpc) is 3.89. The number of hydrogen-bond donors (Lipinski definition) is 4. The molecule has 4 heterocycles. The molecule has 17 nitrogen and oxygen atoms in total. The number of phenolic OH excluding ortho intramolecular Hbond substituents is 1. The fourth-order valence-corrected chi connectivity index (χ4v) is 13.2. The smallest absolute Gasteiger partial charge is 0.343 e. The van der Waals surface area contributed by atoms with Crippen molar-refractivity contribution in [2.24, 2.45) is 34.5 Å². The summed E-state index contributed by atoms with van der Waals surface area (Å²) < 4.78 is 35.4. The van der Waals surface area contributed by atoms with Gasteiger partial charge in [0, 0.05) is 54.4 Å². The number of Topliss-reactive ketones (excluding diaryl/α,β-unsaturated/α-hetero) is 1. The number of aliphatic hydroxyl groups is 1. The maximum atomic E-state index is 13.5. The normalized spacial score (nSPS) is 28.5. The lowest BCUT2D eigenvalue weighted by Gasteiger charge is -2.60. The number of nitrogens with zero attached hydrogens (tertiary/aromatic N) is 2. The lowest BCUT2D eigenvalue weighted by atomic mass is 9.45. The first-order valence-electron chi connectivity index (χ1n) is 25.5. The molecule has 8 atom stereocenters. The van der Waals surface area contributed by atoms with E-state index < -0.39 is 11.6 Å². The summed E-state index contributed by atoms with van der Waals surface area (Å²) in [6.45, 7) is 9.77. The maximum Gasteiger partial charge on any atom is 0.343 e. The Kier molecular flexibility index (Phi) is 15.1. The summed E-state index contributed by atoms with van der Waals surface area (Å²) >= 11 is 0. The fourth-order valence-electron chi connectivity index (χ4n) is 13.2. The van der Waals surface area contributed by atoms with Gasteiger partial charge in [-0.1, -0.05) is 20.8 Å². The Hall–Kier alpha value is -4.78. The number of rotatable bonds is 21. The van der Waals surface area contributed by atoms with E-state index in [1.165, 1.54) is 31.7 Å². The number of esters is 1. The van der Waals surface area contributed by atoms with Gasteiger partial charge in [-0.25, -0.2) is 9.78 Å². The topological polar surface area (TPSA) is 223 Å². The number of pyridine rings is 2. The molecule has 0 saturated heterocycles. The molecule has 0 radical (unpaired) electrons. The molecule has 9 rings (SSSR count). The monoisotopic (exact) mass is 970 g/mol. The van der Waals surface area contributed by atoms with Crippen molar-refractivity contribution in [1.29, 1.82) is 0 Å². The molecule has 380 valence electrons. The highest BCUT2D eigenvalue weighted by Gasteiger charge is 2.60. The summed E-state index contributed by atoms with van der Waals surface area (Å²) in [6.07, 6.45) is 9.76. The number of ketones is 1. The summed E-state index contributed by atoms with van der Waals surface area (Å²) in [6, 6.07) is 6.67. The summed E-state index contributed by atoms with van der Waals surface area (Å²) in [5.74, 6) is 1.87. The number of aromatic hydroxyl groups is 1. The molecule has 17 heteroatoms. The van der Waals surface area contributed by atoms with Gasteiger partial charge in [0.1, 0.15) is 24.7 Å². The summed E-state index contributed by atoms with van der Waals surface area (Å²) in [7, 11) is 0. The van der Waals surface area contributed by atoms with E-state index in [9.17, 15) is 34.2 Å². The van der Waals surface area contributed by atoms with Crippen LogP contribution in [0, 0.1) is 34.5 Å². The minimum Gasteiger partial charge on any atom is -0.508 e. The van der Waals surface area contributed by atoms with E-state index in [-0.39, 0.29) is 91.5 Å². The summed E-state index contributed by atoms with van der Waals surface area (Å²) in [5.41, 5.74) is 1.36. The number of nitrogens with one attached hydrogen (secondary N) is 2. The molecule has 0 bridgehead atoms. The number of amides is 2. The van der Waals surface area contributed by atoms with Crippen LogP contribution in [0.3, 0.4) is 0 Å². The molecule has 70 heavy (non-hydrogen) atoms. The lowest BCUT2D eigenvalue weighted by molar-refractivity contribution is -0.172. The zero-order valence-corrected chi connectivity index (χ0v) is 40.9. The molecular weight excluding hydrogens is 901 g/mol. The fraction of sp³-hybridized carbons (Fsp3) is 0.660. The van der Waals surface area contributed by atoms with E-state index in [0.29, 0.717) is 116 Å². The molecule has 4 fully saturated rings. The van der Waals surface area contributed by atoms with Crippen molar-refractivity contribution < 1.29 is 57.8 Å². The molecule has 1 aromatic carbocycles. The molecule has 6 aliphatic rings. The standard InChI is InChI=1S/C53H70N4O13/c1-4-53(64)41-27-43-48-32(29-57(43)49(62)38(41)30-70-50(53)63)25-36-37(44(59)9-8-42(36)56-48)28-55-46(60)13-17-65-19-21-67-23-24-68-22-20-66-18-16-54-47(61)31-69-45-10-7-39-35-6-5-33-26-34(58)11-14-51(33,2)40(35)12-15-52(39,45)3/h8-9,25,27,33,35,39-40,45,59,64H,4-7,10-24,26,28-31H2,1-3H3,(H,54,61)(H,55,60)/t33-,35-,39-,40-,45-,51-,52-,53-/m0/s1. The molecule has 4 saturated carbocycles. The van der Waals surface area contributed by atoms with Crippen LogP contribution in [0.2, 0.25) is 0 Å². The van der Waals surface area contributed by atoms with Crippen molar-refractivity contribution in [3.05, 3.63) is 56.9 Å². The largest absolute Gasteiger partial charge is 0.508 e. The number of ether oxygens (including phenoxy) is 6. The number of cyclic esters (lactones) is 1. The maximum absolute atomic E-state index is 13.5. The Balaban J connectivity index is 0.599. The van der Waals surface area contributed by atoms with Crippen molar-refractivity contribution in [2.75, 3.05) is 66.0 Å². The molecular formula is C53H70N4O13. The second-order valence-corrected chi connectivity index (χ2v) is 20.9. The van der Waals surface area contributed by atoms with Crippen LogP contribution in [-0.2, 0) is 72.9 Å². The molecule has 4 aliphatic carbocycles. The average molecular weight is 971 g/mol. The highest BCUT2D eigenvalue weighted by molar-refractivity contribution is 5.90. The number of fused-ring (bicyclic) bond motifs is 10. The minimum atomic E-state index is -1.92. The number of aromatic nitrogens is 2. The first-order chi connectivity index (χ1) is 33.7. The van der Waals surface area contributed by atoms with Gasteiger partial charge < -0.3 is 53.8 Å². The van der Waals surface area contributed by atoms with Gasteiger partial charge in [-0.3, -0.25) is 19.2 Å². The molecule has 2 aliphatic heterocycles. The van der Waals surface area contributed by atoms with Crippen molar-refractivity contribution in [3.8, 4) is 17.1 Å². The number of carbonyl (C=O) groups excluding carboxylic acids is 4. The van der Waals surface area contributed by atoms with Crippen molar-refractivity contribution in [2.45, 2.75) is 123 Å². The lowest BCUT2D eigenvalue weighted by Crippen LogP contribution is -2.54. The highest BCUT2D eigenvalue weighted by atomic mass is 16.6. The summed E-state index contributed by atoms with van der Waals surface area (Å²) in [4.78, 5) is 68.6. The molecule has 0 spiro atoms. The van der Waals surface area contributed by atoms with Crippen LogP contribution in [0.1, 0.15) is 114 Å². The van der Waals surface area contributed by atoms with Crippen LogP contribution in [-0.4, -0.2) is 115 Å². The van der Waals surface area contributed by atoms with E-state index in [4.69, 9.17) is 33.4 Å². The van der Waals surface area contributed by atoms with E-state index in [2.05, 4.69) is 24.5 Å². The van der Waals surface area contributed by atoms with Crippen LogP contribution in [0.25, 0.3) is 22.3 Å². The van der Waals surface area contributed by atoms with Crippen LogP contribution >= 0.6 is 0 Å². The van der Waals surface area contributed by atoms with Gasteiger partial charge in [0.15, 0.2) is 5.60 Å². The molecule has 2 amide bonds. The Bertz CT molecular complexity index is 2530. The third kappa shape index (κ3) is 9.78. The zero-order valence-electron chi connectivity index (χ0n) is 40.9. The number of benzene rings is 1. The third-order valence-corrected chi connectivity index (χ3v) is 17.2. The van der Waals surface area contributed by atoms with Gasteiger partial charge in [-0.05, 0) is 110 Å². The third-order valence-electron chi connectivity index (χ3n) is 17.2. The molecule has 4 N–H and O–H groups in total. The Labute approximate surface area is 408 Å². The molecule has 0 unspecified atom stereocenters. The first kappa shape index (κ1) is 50.2. The van der Waals surface area contributed by atoms with Crippen LogP contribution in [0.4, 0.5) is 0 Å². The van der Waals surface area contributed by atoms with Gasteiger partial charge in [-0.2, -0.15) is 0 Å². The number of carbonyl (C=O) groups is 4. The van der Waals surface area contributed by atoms with Crippen LogP contribution < -0.4 is 16.2 Å². The second-order valence-electron chi connectivity index (χ2n) is 20.9. The number of hydrogen-bond acceptors (Lipinski definition) is 14. The van der Waals surface area contributed by atoms with Gasteiger partial charge in [0.25, 0.3) is 5.56 Å². The van der Waals surface area contributed by atoms with Crippen molar-refractivity contribution in [3.63, 3.8) is 0 Å². The predicted molar refractivity (Wildman–Crippen MR) is 255 cm³/mol. The molecule has 2 aromatic heterocycles. The number of phenols is 1. The van der Waals surface area contributed by atoms with E-state index in [0.717, 1.165) is 37.7 Å². The Morgan fingerprint density at radius 3 is 2.34 bits per heavy atom. The predicted octanol–water partition coefficient (Wildman–Crippen LogP) is 4.97. The minimum absolute atomic E-state index is 0.00904. The van der Waals surface area contributed by atoms with Crippen LogP contribution in [0.15, 0.2) is 29.1 Å². The molecule has 3 aromatic rings. The van der Waals surface area contributed by atoms with Crippen molar-refractivity contribution in [1.82, 2.24) is 20.2 Å². The quantitative estimate of drug-likeness (QED) is 0.0640. The van der Waals surface area contributed by atoms with E-state index in [1.807, 2.05) is 6.07 Å². The van der Waals surface area contributed by atoms with Crippen molar-refractivity contribution >= 4 is 34.5 Å². The van der Waals surface area contributed by atoms with Gasteiger partial charge in [0.05, 0.1) is 88.0 Å². The zero-order chi connectivity index (χ0) is 49.2. The highest BCUT2D eigenvalue weighted by Crippen LogP contribution is 2.66. The van der Waals surface area contributed by atoms with Gasteiger partial charge in [0.2, 0.25) is 11.8 Å².